The summed E-state index contributed by atoms with van der Waals surface area (Å²) in [5.74, 6) is -1.63. The van der Waals surface area contributed by atoms with Crippen molar-refractivity contribution in [2.24, 2.45) is 0 Å². The first-order valence-corrected chi connectivity index (χ1v) is 9.16. The van der Waals surface area contributed by atoms with Crippen molar-refractivity contribution in [2.45, 2.75) is 19.5 Å². The van der Waals surface area contributed by atoms with Crippen molar-refractivity contribution in [3.05, 3.63) is 59.9 Å². The van der Waals surface area contributed by atoms with Crippen LogP contribution in [0.4, 0.5) is 4.39 Å². The highest BCUT2D eigenvalue weighted by atomic mass is 32.2. The zero-order chi connectivity index (χ0) is 18.4. The van der Waals surface area contributed by atoms with Crippen molar-refractivity contribution in [3.8, 4) is 11.1 Å². The van der Waals surface area contributed by atoms with Gasteiger partial charge in [0.15, 0.2) is 0 Å². The van der Waals surface area contributed by atoms with Crippen molar-refractivity contribution in [1.82, 2.24) is 10.6 Å². The number of benzene rings is 2. The van der Waals surface area contributed by atoms with Gasteiger partial charge in [-0.25, -0.2) is 4.39 Å². The van der Waals surface area contributed by atoms with Gasteiger partial charge in [0.1, 0.15) is 11.7 Å². The van der Waals surface area contributed by atoms with Crippen molar-refractivity contribution >= 4 is 16.0 Å². The van der Waals surface area contributed by atoms with Crippen LogP contribution in [-0.4, -0.2) is 30.8 Å². The van der Waals surface area contributed by atoms with Gasteiger partial charge in [0, 0.05) is 6.54 Å². The van der Waals surface area contributed by atoms with Gasteiger partial charge in [-0.15, -0.1) is 0 Å². The minimum absolute atomic E-state index is 0.286. The van der Waals surface area contributed by atoms with E-state index in [4.69, 9.17) is 4.55 Å². The number of hydrogen-bond donors (Lipinski definition) is 3. The summed E-state index contributed by atoms with van der Waals surface area (Å²) >= 11 is 0. The maximum Gasteiger partial charge on any atom is 0.283 e. The summed E-state index contributed by atoms with van der Waals surface area (Å²) in [7, 11) is -4.24. The van der Waals surface area contributed by atoms with E-state index in [2.05, 4.69) is 10.6 Å². The summed E-state index contributed by atoms with van der Waals surface area (Å²) in [6, 6.07) is 13.1. The molecule has 0 saturated heterocycles. The average molecular weight is 366 g/mol. The molecule has 25 heavy (non-hydrogen) atoms. The second-order valence-corrected chi connectivity index (χ2v) is 7.03. The average Bonchev–Trinajstić information content (AvgIpc) is 2.58. The Balaban J connectivity index is 1.88. The molecule has 6 nitrogen and oxygen atoms in total. The fourth-order valence-corrected chi connectivity index (χ4v) is 2.46. The van der Waals surface area contributed by atoms with Crippen molar-refractivity contribution in [2.75, 3.05) is 5.88 Å². The van der Waals surface area contributed by atoms with E-state index in [1.54, 1.807) is 19.1 Å². The summed E-state index contributed by atoms with van der Waals surface area (Å²) in [6.07, 6.45) is 0. The third-order valence-electron chi connectivity index (χ3n) is 3.57. The van der Waals surface area contributed by atoms with Crippen LogP contribution in [0.25, 0.3) is 11.1 Å². The maximum atomic E-state index is 12.9. The van der Waals surface area contributed by atoms with Crippen LogP contribution in [0.15, 0.2) is 48.5 Å². The summed E-state index contributed by atoms with van der Waals surface area (Å²) in [5.41, 5.74) is 2.78. The summed E-state index contributed by atoms with van der Waals surface area (Å²) < 4.78 is 42.8. The lowest BCUT2D eigenvalue weighted by molar-refractivity contribution is -0.122. The van der Waals surface area contributed by atoms with E-state index in [0.717, 1.165) is 16.7 Å². The molecule has 134 valence electrons. The molecular weight excluding hydrogens is 347 g/mol. The fraction of sp³-hybridized carbons (Fsp3) is 0.235. The molecule has 0 aliphatic rings. The monoisotopic (exact) mass is 366 g/mol. The molecule has 8 heteroatoms. The van der Waals surface area contributed by atoms with Gasteiger partial charge in [-0.2, -0.15) is 8.42 Å². The molecule has 0 aliphatic carbocycles. The summed E-state index contributed by atoms with van der Waals surface area (Å²) in [4.78, 5) is 11.7. The number of carbonyl (C=O) groups excluding carboxylic acids is 1. The van der Waals surface area contributed by atoms with E-state index in [1.165, 1.54) is 12.1 Å². The molecule has 0 aromatic heterocycles. The second kappa shape index (κ2) is 8.19. The second-order valence-electron chi connectivity index (χ2n) is 5.57. The van der Waals surface area contributed by atoms with E-state index in [9.17, 15) is 17.6 Å². The molecule has 2 rings (SSSR count). The zero-order valence-electron chi connectivity index (χ0n) is 13.6. The van der Waals surface area contributed by atoms with Crippen molar-refractivity contribution in [3.63, 3.8) is 0 Å². The largest absolute Gasteiger partial charge is 0.339 e. The smallest absolute Gasteiger partial charge is 0.283 e. The van der Waals surface area contributed by atoms with Crippen LogP contribution < -0.4 is 10.6 Å². The minimum atomic E-state index is -4.24. The predicted octanol–water partition coefficient (Wildman–Crippen LogP) is 1.93. The number of amides is 1. The quantitative estimate of drug-likeness (QED) is 0.651. The third kappa shape index (κ3) is 6.26. The summed E-state index contributed by atoms with van der Waals surface area (Å²) in [6.45, 7) is 2.00. The van der Waals surface area contributed by atoms with Crippen LogP contribution in [0.5, 0.6) is 0 Å². The lowest BCUT2D eigenvalue weighted by Gasteiger charge is -2.13. The number of carbonyl (C=O) groups is 1. The van der Waals surface area contributed by atoms with Crippen LogP contribution in [0.2, 0.25) is 0 Å². The van der Waals surface area contributed by atoms with Gasteiger partial charge in [0.25, 0.3) is 10.1 Å². The number of nitrogens with one attached hydrogen (secondary N) is 2. The molecule has 1 amide bonds. The van der Waals surface area contributed by atoms with Crippen LogP contribution >= 0.6 is 0 Å². The van der Waals surface area contributed by atoms with E-state index in [1.807, 2.05) is 24.3 Å². The standard InChI is InChI=1S/C17H19FN2O4S/c1-12(17(21)20-11-25(22,23)24)19-10-13-2-4-14(5-3-13)15-6-8-16(18)9-7-15/h2-9,12,19H,10-11H2,1H3,(H,20,21)(H,22,23,24)/t12-/m0/s1. The maximum absolute atomic E-state index is 12.9. The van der Waals surface area contributed by atoms with E-state index >= 15 is 0 Å². The molecule has 0 spiro atoms. The van der Waals surface area contributed by atoms with Gasteiger partial charge >= 0.3 is 0 Å². The van der Waals surface area contributed by atoms with Crippen LogP contribution in [-0.2, 0) is 21.5 Å². The summed E-state index contributed by atoms with van der Waals surface area (Å²) in [5, 5.41) is 5.09. The molecule has 0 radical (unpaired) electrons. The Kier molecular flexibility index (Phi) is 6.24. The van der Waals surface area contributed by atoms with E-state index < -0.39 is 27.9 Å². The molecule has 0 unspecified atom stereocenters. The highest BCUT2D eigenvalue weighted by molar-refractivity contribution is 7.85. The van der Waals surface area contributed by atoms with Gasteiger partial charge in [-0.1, -0.05) is 36.4 Å². The molecule has 1 atom stereocenters. The highest BCUT2D eigenvalue weighted by Crippen LogP contribution is 2.20. The molecular formula is C17H19FN2O4S. The van der Waals surface area contributed by atoms with Gasteiger partial charge in [0.2, 0.25) is 5.91 Å². The molecule has 3 N–H and O–H groups in total. The Bertz CT molecular complexity index is 821. The lowest BCUT2D eigenvalue weighted by atomic mass is 10.0. The third-order valence-corrected chi connectivity index (χ3v) is 4.08. The molecule has 0 aliphatic heterocycles. The minimum Gasteiger partial charge on any atom is -0.339 e. The van der Waals surface area contributed by atoms with Crippen LogP contribution in [0.3, 0.4) is 0 Å². The van der Waals surface area contributed by atoms with Gasteiger partial charge < -0.3 is 10.6 Å². The fourth-order valence-electron chi connectivity index (χ4n) is 2.14. The molecule has 0 bridgehead atoms. The molecule has 2 aromatic carbocycles. The first-order valence-electron chi connectivity index (χ1n) is 7.56. The Hall–Kier alpha value is -2.29. The highest BCUT2D eigenvalue weighted by Gasteiger charge is 2.14. The van der Waals surface area contributed by atoms with Gasteiger partial charge in [-0.05, 0) is 35.7 Å². The Morgan fingerprint density at radius 2 is 1.60 bits per heavy atom. The number of rotatable bonds is 7. The van der Waals surface area contributed by atoms with Crippen LogP contribution in [0, 0.1) is 5.82 Å². The SMILES string of the molecule is C[C@H](NCc1ccc(-c2ccc(F)cc2)cc1)C(=O)NCS(=O)(=O)O. The zero-order valence-corrected chi connectivity index (χ0v) is 14.4. The van der Waals surface area contributed by atoms with E-state index in [-0.39, 0.29) is 5.82 Å². The first-order chi connectivity index (χ1) is 11.7. The Morgan fingerprint density at radius 3 is 2.12 bits per heavy atom. The molecule has 2 aromatic rings. The van der Waals surface area contributed by atoms with Crippen molar-refractivity contribution in [1.29, 1.82) is 0 Å². The molecule has 0 saturated carbocycles. The molecule has 0 fully saturated rings. The van der Waals surface area contributed by atoms with E-state index in [0.29, 0.717) is 6.54 Å². The Morgan fingerprint density at radius 1 is 1.08 bits per heavy atom. The normalized spacial score (nSPS) is 12.6. The first kappa shape index (κ1) is 19.0. The Labute approximate surface area is 145 Å². The van der Waals surface area contributed by atoms with Gasteiger partial charge in [0.05, 0.1) is 6.04 Å². The lowest BCUT2D eigenvalue weighted by Crippen LogP contribution is -2.43. The van der Waals surface area contributed by atoms with Crippen molar-refractivity contribution < 1.29 is 22.2 Å². The number of halogens is 1. The predicted molar refractivity (Wildman–Crippen MR) is 92.7 cm³/mol. The number of hydrogen-bond acceptors (Lipinski definition) is 4. The van der Waals surface area contributed by atoms with Gasteiger partial charge in [-0.3, -0.25) is 9.35 Å². The topological polar surface area (TPSA) is 95.5 Å². The van der Waals surface area contributed by atoms with Crippen LogP contribution in [0.1, 0.15) is 12.5 Å². The molecule has 0 heterocycles.